The maximum atomic E-state index is 11.8. The van der Waals surface area contributed by atoms with Crippen molar-refractivity contribution in [3.8, 4) is 0 Å². The molecule has 30 heavy (non-hydrogen) atoms. The normalized spacial score (nSPS) is 12.6. The second-order valence-electron chi connectivity index (χ2n) is 8.27. The highest BCUT2D eigenvalue weighted by Crippen LogP contribution is 2.12. The van der Waals surface area contributed by atoms with Gasteiger partial charge in [-0.15, -0.1) is 0 Å². The van der Waals surface area contributed by atoms with Gasteiger partial charge in [-0.2, -0.15) is 0 Å². The molecule has 0 aliphatic rings. The number of carbonyl (C=O) groups is 2. The zero-order valence-electron chi connectivity index (χ0n) is 19.6. The quantitative estimate of drug-likeness (QED) is 0.117. The molecule has 1 atom stereocenters. The molecule has 4 heteroatoms. The van der Waals surface area contributed by atoms with Crippen molar-refractivity contribution in [1.82, 2.24) is 0 Å². The second-order valence-corrected chi connectivity index (χ2v) is 8.27. The van der Waals surface area contributed by atoms with Gasteiger partial charge in [0, 0.05) is 12.8 Å². The first-order valence-electron chi connectivity index (χ1n) is 12.3. The molecule has 0 radical (unpaired) electrons. The number of hydrogen-bond donors (Lipinski definition) is 1. The molecule has 0 heterocycles. The molecule has 0 aromatic heterocycles. The lowest BCUT2D eigenvalue weighted by Crippen LogP contribution is -2.15. The van der Waals surface area contributed by atoms with Gasteiger partial charge >= 0.3 is 11.9 Å². The van der Waals surface area contributed by atoms with Crippen LogP contribution in [0.1, 0.15) is 123 Å². The number of allylic oxidation sites excluding steroid dienone is 4. The molecule has 0 spiro atoms. The Morgan fingerprint density at radius 2 is 1.33 bits per heavy atom. The molecule has 0 aromatic rings. The van der Waals surface area contributed by atoms with E-state index in [0.29, 0.717) is 19.3 Å². The van der Waals surface area contributed by atoms with E-state index in [1.807, 2.05) is 6.92 Å². The van der Waals surface area contributed by atoms with Gasteiger partial charge in [0.1, 0.15) is 0 Å². The van der Waals surface area contributed by atoms with Crippen LogP contribution in [0, 0.1) is 0 Å². The Kier molecular flexibility index (Phi) is 20.9. The zero-order valence-corrected chi connectivity index (χ0v) is 19.6. The Balaban J connectivity index is 3.36. The Morgan fingerprint density at radius 1 is 0.767 bits per heavy atom. The van der Waals surface area contributed by atoms with E-state index >= 15 is 0 Å². The number of unbranched alkanes of at least 4 members (excludes halogenated alkanes) is 10. The van der Waals surface area contributed by atoms with Crippen molar-refractivity contribution in [2.45, 2.75) is 129 Å². The van der Waals surface area contributed by atoms with Crippen LogP contribution in [0.4, 0.5) is 0 Å². The second kappa shape index (κ2) is 22.1. The molecule has 0 rings (SSSR count). The van der Waals surface area contributed by atoms with Crippen LogP contribution in [0.3, 0.4) is 0 Å². The lowest BCUT2D eigenvalue weighted by Gasteiger charge is -2.12. The van der Waals surface area contributed by atoms with Gasteiger partial charge in [-0.05, 0) is 58.3 Å². The number of ether oxygens (including phenoxy) is 1. The Labute approximate surface area is 185 Å². The van der Waals surface area contributed by atoms with E-state index in [1.54, 1.807) is 0 Å². The Hall–Kier alpha value is -1.58. The summed E-state index contributed by atoms with van der Waals surface area (Å²) in [4.78, 5) is 22.2. The van der Waals surface area contributed by atoms with Crippen LogP contribution in [0.15, 0.2) is 24.3 Å². The third kappa shape index (κ3) is 22.7. The molecular formula is C26H46O4. The number of aliphatic carboxylic acids is 1. The maximum absolute atomic E-state index is 11.8. The first-order chi connectivity index (χ1) is 14.6. The van der Waals surface area contributed by atoms with E-state index in [1.165, 1.54) is 64.2 Å². The van der Waals surface area contributed by atoms with Gasteiger partial charge in [-0.25, -0.2) is 0 Å². The van der Waals surface area contributed by atoms with Crippen LogP contribution in [0.25, 0.3) is 0 Å². The number of carbonyl (C=O) groups excluding carboxylic acids is 1. The molecule has 0 bridgehead atoms. The van der Waals surface area contributed by atoms with Crippen LogP contribution < -0.4 is 0 Å². The van der Waals surface area contributed by atoms with Gasteiger partial charge in [-0.1, -0.05) is 76.2 Å². The average Bonchev–Trinajstić information content (AvgIpc) is 2.70. The molecule has 1 N–H and O–H groups in total. The smallest absolute Gasteiger partial charge is 0.306 e. The van der Waals surface area contributed by atoms with E-state index in [9.17, 15) is 9.59 Å². The monoisotopic (exact) mass is 422 g/mol. The molecule has 0 saturated carbocycles. The first kappa shape index (κ1) is 28.4. The zero-order chi connectivity index (χ0) is 22.3. The fourth-order valence-corrected chi connectivity index (χ4v) is 3.32. The summed E-state index contributed by atoms with van der Waals surface area (Å²) < 4.78 is 5.32. The summed E-state index contributed by atoms with van der Waals surface area (Å²) in [5, 5.41) is 8.61. The first-order valence-corrected chi connectivity index (χ1v) is 12.3. The minimum atomic E-state index is -0.800. The molecule has 0 fully saturated rings. The number of esters is 1. The van der Waals surface area contributed by atoms with Crippen molar-refractivity contribution in [3.05, 3.63) is 24.3 Å². The SMILES string of the molecule is CCCCC/C=C\C/C=C\CCCCCCCCCC(=O)OC(C)CCCC(=O)O. The van der Waals surface area contributed by atoms with Gasteiger partial charge in [-0.3, -0.25) is 9.59 Å². The van der Waals surface area contributed by atoms with E-state index in [0.717, 1.165) is 19.3 Å². The topological polar surface area (TPSA) is 63.6 Å². The van der Waals surface area contributed by atoms with Crippen molar-refractivity contribution in [1.29, 1.82) is 0 Å². The van der Waals surface area contributed by atoms with Crippen LogP contribution in [-0.2, 0) is 14.3 Å². The van der Waals surface area contributed by atoms with Crippen LogP contribution in [-0.4, -0.2) is 23.1 Å². The van der Waals surface area contributed by atoms with Crippen LogP contribution in [0.2, 0.25) is 0 Å². The van der Waals surface area contributed by atoms with Crippen molar-refractivity contribution >= 4 is 11.9 Å². The van der Waals surface area contributed by atoms with Gasteiger partial charge < -0.3 is 9.84 Å². The highest BCUT2D eigenvalue weighted by molar-refractivity contribution is 5.69. The van der Waals surface area contributed by atoms with E-state index < -0.39 is 5.97 Å². The van der Waals surface area contributed by atoms with Crippen molar-refractivity contribution < 1.29 is 19.4 Å². The summed E-state index contributed by atoms with van der Waals surface area (Å²) in [6.45, 7) is 4.07. The molecule has 0 aliphatic carbocycles. The third-order valence-electron chi connectivity index (χ3n) is 5.17. The van der Waals surface area contributed by atoms with Crippen molar-refractivity contribution in [2.75, 3.05) is 0 Å². The highest BCUT2D eigenvalue weighted by atomic mass is 16.5. The lowest BCUT2D eigenvalue weighted by molar-refractivity contribution is -0.148. The Morgan fingerprint density at radius 3 is 1.93 bits per heavy atom. The molecule has 0 saturated heterocycles. The molecule has 0 amide bonds. The number of rotatable bonds is 21. The van der Waals surface area contributed by atoms with E-state index in [-0.39, 0.29) is 18.5 Å². The molecule has 0 aliphatic heterocycles. The van der Waals surface area contributed by atoms with E-state index in [2.05, 4.69) is 31.2 Å². The summed E-state index contributed by atoms with van der Waals surface area (Å²) in [7, 11) is 0. The predicted octanol–water partition coefficient (Wildman–Crippen LogP) is 7.77. The lowest BCUT2D eigenvalue weighted by atomic mass is 10.1. The molecule has 1 unspecified atom stereocenters. The summed E-state index contributed by atoms with van der Waals surface area (Å²) in [5.41, 5.74) is 0. The molecule has 174 valence electrons. The average molecular weight is 423 g/mol. The fraction of sp³-hybridized carbons (Fsp3) is 0.769. The number of hydrogen-bond acceptors (Lipinski definition) is 3. The number of carboxylic acids is 1. The Bertz CT molecular complexity index is 468. The van der Waals surface area contributed by atoms with Crippen molar-refractivity contribution in [3.63, 3.8) is 0 Å². The summed E-state index contributed by atoms with van der Waals surface area (Å²) in [5.74, 6) is -0.952. The minimum absolute atomic E-state index is 0.134. The largest absolute Gasteiger partial charge is 0.481 e. The minimum Gasteiger partial charge on any atom is -0.481 e. The molecule has 4 nitrogen and oxygen atoms in total. The van der Waals surface area contributed by atoms with Gasteiger partial charge in [0.05, 0.1) is 6.10 Å². The maximum Gasteiger partial charge on any atom is 0.306 e. The van der Waals surface area contributed by atoms with Gasteiger partial charge in [0.2, 0.25) is 0 Å². The van der Waals surface area contributed by atoms with Crippen LogP contribution in [0.5, 0.6) is 0 Å². The van der Waals surface area contributed by atoms with Crippen molar-refractivity contribution in [2.24, 2.45) is 0 Å². The van der Waals surface area contributed by atoms with Gasteiger partial charge in [0.15, 0.2) is 0 Å². The standard InChI is InChI=1S/C26H46O4/c1-3-4-5-6-7-8-9-10-11-12-13-14-15-16-17-18-19-23-26(29)30-24(2)21-20-22-25(27)28/h7-8,10-11,24H,3-6,9,12-23H2,1-2H3,(H,27,28)/b8-7-,11-10-. The molecular weight excluding hydrogens is 376 g/mol. The van der Waals surface area contributed by atoms with Crippen LogP contribution >= 0.6 is 0 Å². The van der Waals surface area contributed by atoms with Gasteiger partial charge in [0.25, 0.3) is 0 Å². The number of carboxylic acid groups (broad SMARTS) is 1. The summed E-state index contributed by atoms with van der Waals surface area (Å²) in [6, 6.07) is 0. The molecule has 0 aromatic carbocycles. The van der Waals surface area contributed by atoms with E-state index in [4.69, 9.17) is 9.84 Å². The predicted molar refractivity (Wildman–Crippen MR) is 126 cm³/mol. The summed E-state index contributed by atoms with van der Waals surface area (Å²) >= 11 is 0. The fourth-order valence-electron chi connectivity index (χ4n) is 3.32. The summed E-state index contributed by atoms with van der Waals surface area (Å²) in [6.07, 6.45) is 26.4. The third-order valence-corrected chi connectivity index (χ3v) is 5.17. The highest BCUT2D eigenvalue weighted by Gasteiger charge is 2.10.